The molecule has 4 rings (SSSR count). The molecular weight excluding hydrogens is 505 g/mol. The average Bonchev–Trinajstić information content (AvgIpc) is 3.39. The van der Waals surface area contributed by atoms with Gasteiger partial charge in [0, 0.05) is 23.7 Å². The summed E-state index contributed by atoms with van der Waals surface area (Å²) in [5, 5.41) is 17.1. The number of quaternary nitrogens is 1. The van der Waals surface area contributed by atoms with E-state index in [1.54, 1.807) is 12.2 Å². The summed E-state index contributed by atoms with van der Waals surface area (Å²) in [6.45, 7) is -0.488. The number of carbonyl (C=O) groups excluding carboxylic acids is 3. The lowest BCUT2D eigenvalue weighted by Crippen LogP contribution is -2.71. The smallest absolute Gasteiger partial charge is 0.278 e. The number of hydrogen-bond donors (Lipinski definition) is 2. The number of oxime groups is 1. The zero-order valence-corrected chi connectivity index (χ0v) is 20.3. The van der Waals surface area contributed by atoms with Gasteiger partial charge in [-0.2, -0.15) is 18.8 Å². The third kappa shape index (κ3) is 5.14. The number of fused-ring (bicyclic) bond motifs is 1. The Balaban J connectivity index is 1.49. The Kier molecular flexibility index (Phi) is 7.07. The molecule has 2 amide bonds. The molecule has 13 nitrogen and oxygen atoms in total. The van der Waals surface area contributed by atoms with Gasteiger partial charge < -0.3 is 25.8 Å². The number of rotatable bonds is 8. The van der Waals surface area contributed by atoms with Crippen molar-refractivity contribution in [3.63, 3.8) is 0 Å². The van der Waals surface area contributed by atoms with Crippen LogP contribution in [0.15, 0.2) is 28.6 Å². The molecule has 1 aromatic heterocycles. The van der Waals surface area contributed by atoms with Crippen molar-refractivity contribution in [3.8, 4) is 0 Å². The molecule has 3 N–H and O–H groups in total. The first-order valence-electron chi connectivity index (χ1n) is 10.4. The summed E-state index contributed by atoms with van der Waals surface area (Å²) < 4.78 is 16.7. The summed E-state index contributed by atoms with van der Waals surface area (Å²) in [7, 11) is 3.85. The minimum Gasteiger partial charge on any atom is -0.543 e. The van der Waals surface area contributed by atoms with Crippen LogP contribution in [0.1, 0.15) is 12.2 Å². The molecule has 2 fully saturated rings. The first-order chi connectivity index (χ1) is 16.6. The number of thioether (sulfide) groups is 1. The van der Waals surface area contributed by atoms with E-state index < -0.39 is 41.8 Å². The van der Waals surface area contributed by atoms with E-state index in [0.717, 1.165) is 29.4 Å². The topological polar surface area (TPSA) is 172 Å². The molecule has 0 unspecified atom stereocenters. The highest BCUT2D eigenvalue weighted by molar-refractivity contribution is 8.00. The van der Waals surface area contributed by atoms with Crippen molar-refractivity contribution in [2.24, 2.45) is 5.16 Å². The fraction of sp³-hybridized carbons (Fsp3) is 0.474. The molecule has 0 spiro atoms. The number of β-lactam (4-membered cyclic amide) rings is 1. The first-order valence-corrected chi connectivity index (χ1v) is 12.2. The summed E-state index contributed by atoms with van der Waals surface area (Å²) in [5.41, 5.74) is 5.21. The molecule has 3 atom stereocenters. The van der Waals surface area contributed by atoms with Gasteiger partial charge in [-0.1, -0.05) is 11.2 Å². The van der Waals surface area contributed by atoms with Crippen LogP contribution < -0.4 is 16.2 Å². The predicted molar refractivity (Wildman–Crippen MR) is 121 cm³/mol. The number of carboxylic acids is 1. The number of nitrogens with one attached hydrogen (secondary N) is 1. The maximum Gasteiger partial charge on any atom is 0.278 e. The summed E-state index contributed by atoms with van der Waals surface area (Å²) in [5.74, 6) is -2.98. The molecule has 0 aliphatic carbocycles. The van der Waals surface area contributed by atoms with Crippen molar-refractivity contribution in [2.75, 3.05) is 39.0 Å². The third-order valence-electron chi connectivity index (χ3n) is 5.44. The predicted octanol–water partition coefficient (Wildman–Crippen LogP) is -1.49. The zero-order valence-electron chi connectivity index (χ0n) is 18.7. The van der Waals surface area contributed by atoms with Crippen LogP contribution in [0.4, 0.5) is 9.52 Å². The summed E-state index contributed by atoms with van der Waals surface area (Å²) in [4.78, 5) is 52.6. The van der Waals surface area contributed by atoms with Crippen molar-refractivity contribution in [3.05, 3.63) is 29.2 Å². The third-order valence-corrected chi connectivity index (χ3v) is 7.28. The van der Waals surface area contributed by atoms with E-state index in [9.17, 15) is 23.9 Å². The Bertz CT molecular complexity index is 1140. The summed E-state index contributed by atoms with van der Waals surface area (Å²) in [6.07, 6.45) is 4.01. The Labute approximate surface area is 207 Å². The van der Waals surface area contributed by atoms with Crippen molar-refractivity contribution < 1.29 is 38.2 Å². The van der Waals surface area contributed by atoms with Gasteiger partial charge in [-0.3, -0.25) is 14.5 Å². The Hall–Kier alpha value is -3.08. The molecule has 0 aromatic carbocycles. The fourth-order valence-electron chi connectivity index (χ4n) is 3.84. The monoisotopic (exact) mass is 527 g/mol. The number of carboxylic acid groups (broad SMARTS) is 1. The molecule has 35 heavy (non-hydrogen) atoms. The number of amides is 2. The average molecular weight is 528 g/mol. The second-order valence-corrected chi connectivity index (χ2v) is 10.1. The number of allylic oxidation sites excluding steroid dienone is 1. The lowest BCUT2D eigenvalue weighted by Gasteiger charge is -2.50. The highest BCUT2D eigenvalue weighted by Crippen LogP contribution is 2.40. The molecule has 2 saturated heterocycles. The van der Waals surface area contributed by atoms with Gasteiger partial charge in [0.25, 0.3) is 18.7 Å². The number of alkyl halides is 1. The minimum atomic E-state index is -1.50. The maximum atomic E-state index is 12.9. The number of hydroxylamine groups is 3. The summed E-state index contributed by atoms with van der Waals surface area (Å²) in [6, 6.07) is -1.06. The number of carbonyl (C=O) groups is 3. The second kappa shape index (κ2) is 9.88. The number of anilines is 1. The second-order valence-electron chi connectivity index (χ2n) is 8.25. The maximum absolute atomic E-state index is 12.9. The Morgan fingerprint density at radius 3 is 2.86 bits per heavy atom. The number of aromatic nitrogens is 2. The standard InChI is InChI=1S/C19H22FN7O6S2/c1-27(2)6-5-10(33-27)4-3-9-7-34-17-12(16(29)26(17)13(9)18(30)31)22-15(28)11(24-32-8-20)14-23-19(21)35-25-14/h3-4,10,12,17H,5-8H2,1-2H3,(H3-,21,22,23,25,28,30,31)/b4-3+,24-11-/t10-,12-,17-/m1/s1. The van der Waals surface area contributed by atoms with E-state index in [4.69, 9.17) is 10.6 Å². The SMILES string of the molecule is C[N+]1(C)CC[C@@H](/C=C/C2=C(C(=O)[O-])N3C(=O)[C@@H](NC(=O)/C(=N\OCF)c4nsc(N)n4)[C@H]3SC2)O1. The molecule has 3 aliphatic heterocycles. The molecule has 0 radical (unpaired) electrons. The first kappa shape index (κ1) is 25.0. The van der Waals surface area contributed by atoms with Crippen molar-refractivity contribution in [1.29, 1.82) is 0 Å². The normalized spacial score (nSPS) is 26.0. The van der Waals surface area contributed by atoms with Crippen LogP contribution in [0.5, 0.6) is 0 Å². The van der Waals surface area contributed by atoms with Gasteiger partial charge in [0.15, 0.2) is 5.13 Å². The van der Waals surface area contributed by atoms with E-state index in [1.165, 1.54) is 11.8 Å². The number of nitrogens with two attached hydrogens (primary N) is 1. The molecule has 4 heterocycles. The highest BCUT2D eigenvalue weighted by atomic mass is 32.2. The molecule has 3 aliphatic rings. The van der Waals surface area contributed by atoms with Crippen LogP contribution in [0, 0.1) is 0 Å². The van der Waals surface area contributed by atoms with Crippen LogP contribution in [-0.2, 0) is 24.1 Å². The zero-order chi connectivity index (χ0) is 25.3. The van der Waals surface area contributed by atoms with E-state index >= 15 is 0 Å². The van der Waals surface area contributed by atoms with Gasteiger partial charge in [0.1, 0.15) is 24.1 Å². The van der Waals surface area contributed by atoms with E-state index in [-0.39, 0.29) is 28.5 Å². The van der Waals surface area contributed by atoms with Gasteiger partial charge in [-0.25, -0.2) is 4.39 Å². The van der Waals surface area contributed by atoms with Crippen LogP contribution in [0.3, 0.4) is 0 Å². The van der Waals surface area contributed by atoms with Gasteiger partial charge in [-0.15, -0.1) is 11.8 Å². The van der Waals surface area contributed by atoms with E-state index in [1.807, 2.05) is 14.1 Å². The quantitative estimate of drug-likeness (QED) is 0.176. The molecule has 0 saturated carbocycles. The molecule has 0 bridgehead atoms. The lowest BCUT2D eigenvalue weighted by molar-refractivity contribution is -1.06. The number of hydrogen-bond acceptors (Lipinski definition) is 12. The Morgan fingerprint density at radius 1 is 1.49 bits per heavy atom. The van der Waals surface area contributed by atoms with Crippen LogP contribution in [0.2, 0.25) is 0 Å². The number of nitrogen functional groups attached to an aromatic ring is 1. The van der Waals surface area contributed by atoms with E-state index in [0.29, 0.717) is 10.2 Å². The van der Waals surface area contributed by atoms with Gasteiger partial charge in [0.2, 0.25) is 11.5 Å². The Morgan fingerprint density at radius 2 is 2.26 bits per heavy atom. The summed E-state index contributed by atoms with van der Waals surface area (Å²) >= 11 is 2.06. The number of halogens is 1. The van der Waals surface area contributed by atoms with Gasteiger partial charge in [-0.05, 0) is 11.6 Å². The molecular formula is C19H22FN7O6S2. The van der Waals surface area contributed by atoms with Crippen LogP contribution in [0.25, 0.3) is 0 Å². The van der Waals surface area contributed by atoms with Gasteiger partial charge in [0.05, 0.1) is 25.8 Å². The molecule has 1 aromatic rings. The van der Waals surface area contributed by atoms with Crippen molar-refractivity contribution in [2.45, 2.75) is 23.9 Å². The number of nitrogens with zero attached hydrogens (tertiary/aromatic N) is 5. The fourth-order valence-corrected chi connectivity index (χ4v) is 5.59. The highest BCUT2D eigenvalue weighted by Gasteiger charge is 2.53. The lowest BCUT2D eigenvalue weighted by atomic mass is 10.0. The van der Waals surface area contributed by atoms with Crippen molar-refractivity contribution in [1.82, 2.24) is 19.6 Å². The van der Waals surface area contributed by atoms with Crippen molar-refractivity contribution >= 4 is 51.9 Å². The number of aliphatic carboxylic acids is 1. The molecule has 16 heteroatoms. The van der Waals surface area contributed by atoms with E-state index in [2.05, 4.69) is 24.7 Å². The largest absolute Gasteiger partial charge is 0.543 e. The molecule has 188 valence electrons. The minimum absolute atomic E-state index is 0.0457. The van der Waals surface area contributed by atoms with Crippen LogP contribution in [-0.4, -0.2) is 93.2 Å². The van der Waals surface area contributed by atoms with Crippen LogP contribution >= 0.6 is 23.3 Å². The van der Waals surface area contributed by atoms with Gasteiger partial charge >= 0.3 is 0 Å².